The Kier molecular flexibility index (Phi) is 2.64. The third-order valence-electron chi connectivity index (χ3n) is 1.32. The van der Waals surface area contributed by atoms with Gasteiger partial charge in [-0.2, -0.15) is 0 Å². The van der Waals surface area contributed by atoms with E-state index in [4.69, 9.17) is 5.73 Å². The minimum Gasteiger partial charge on any atom is -0.397 e. The Balaban J connectivity index is 3.17. The second-order valence-corrected chi connectivity index (χ2v) is 3.21. The van der Waals surface area contributed by atoms with Gasteiger partial charge in [0.25, 0.3) is 6.43 Å². The number of nitrogens with two attached hydrogens (primary N) is 1. The molecule has 1 nitrogen and oxygen atoms in total. The van der Waals surface area contributed by atoms with Crippen LogP contribution in [0.2, 0.25) is 0 Å². The quantitative estimate of drug-likeness (QED) is 0.615. The van der Waals surface area contributed by atoms with Crippen LogP contribution < -0.4 is 5.73 Å². The lowest BCUT2D eigenvalue weighted by Crippen LogP contribution is -1.96. The third-order valence-corrected chi connectivity index (χ3v) is 2.26. The molecule has 0 bridgehead atoms. The lowest BCUT2D eigenvalue weighted by atomic mass is 10.2. The zero-order valence-corrected chi connectivity index (χ0v) is 7.68. The summed E-state index contributed by atoms with van der Waals surface area (Å²) >= 11 is 1.92. The lowest BCUT2D eigenvalue weighted by Gasteiger charge is -2.04. The number of halogens is 3. The van der Waals surface area contributed by atoms with Crippen LogP contribution in [0.5, 0.6) is 0 Å². The van der Waals surface area contributed by atoms with Gasteiger partial charge >= 0.3 is 0 Å². The van der Waals surface area contributed by atoms with Gasteiger partial charge in [0, 0.05) is 9.13 Å². The van der Waals surface area contributed by atoms with Gasteiger partial charge in [-0.05, 0) is 28.7 Å². The molecule has 0 fully saturated rings. The van der Waals surface area contributed by atoms with Gasteiger partial charge in [-0.3, -0.25) is 0 Å². The van der Waals surface area contributed by atoms with Crippen LogP contribution in [0.1, 0.15) is 12.0 Å². The molecule has 0 aromatic heterocycles. The normalized spacial score (nSPS) is 10.5. The van der Waals surface area contributed by atoms with Crippen molar-refractivity contribution in [2.75, 3.05) is 5.73 Å². The van der Waals surface area contributed by atoms with Crippen LogP contribution in [0, 0.1) is 3.57 Å². The second kappa shape index (κ2) is 3.34. The van der Waals surface area contributed by atoms with Gasteiger partial charge in [0.05, 0.1) is 5.69 Å². The highest BCUT2D eigenvalue weighted by atomic mass is 127. The third kappa shape index (κ3) is 1.79. The number of alkyl halides is 2. The van der Waals surface area contributed by atoms with E-state index in [0.29, 0.717) is 3.57 Å². The second-order valence-electron chi connectivity index (χ2n) is 2.04. The smallest absolute Gasteiger partial charge is 0.265 e. The summed E-state index contributed by atoms with van der Waals surface area (Å²) in [7, 11) is 0. The summed E-state index contributed by atoms with van der Waals surface area (Å²) < 4.78 is 24.9. The molecule has 0 spiro atoms. The number of hydrogen-bond acceptors (Lipinski definition) is 1. The fraction of sp³-hybridized carbons (Fsp3) is 0.143. The Morgan fingerprint density at radius 1 is 1.36 bits per heavy atom. The van der Waals surface area contributed by atoms with Crippen molar-refractivity contribution >= 4 is 28.3 Å². The van der Waals surface area contributed by atoms with Crippen LogP contribution in [-0.4, -0.2) is 0 Å². The highest BCUT2D eigenvalue weighted by Gasteiger charge is 2.11. The number of hydrogen-bond donors (Lipinski definition) is 1. The average Bonchev–Trinajstić information content (AvgIpc) is 1.94. The molecule has 0 radical (unpaired) electrons. The first kappa shape index (κ1) is 8.70. The van der Waals surface area contributed by atoms with Crippen molar-refractivity contribution in [1.82, 2.24) is 0 Å². The minimum atomic E-state index is -2.48. The summed E-state index contributed by atoms with van der Waals surface area (Å²) in [5.41, 5.74) is 5.49. The van der Waals surface area contributed by atoms with E-state index < -0.39 is 6.43 Å². The lowest BCUT2D eigenvalue weighted by molar-refractivity contribution is 0.152. The zero-order valence-electron chi connectivity index (χ0n) is 5.52. The number of benzene rings is 1. The molecule has 0 saturated heterocycles. The molecule has 0 aliphatic carbocycles. The highest BCUT2D eigenvalue weighted by molar-refractivity contribution is 14.1. The van der Waals surface area contributed by atoms with Gasteiger partial charge in [0.1, 0.15) is 0 Å². The molecule has 1 aromatic rings. The maximum absolute atomic E-state index is 12.1. The molecule has 0 heterocycles. The molecule has 0 saturated carbocycles. The number of rotatable bonds is 1. The Morgan fingerprint density at radius 2 is 2.00 bits per heavy atom. The van der Waals surface area contributed by atoms with Crippen molar-refractivity contribution in [3.05, 3.63) is 27.3 Å². The number of anilines is 1. The predicted octanol–water partition coefficient (Wildman–Crippen LogP) is 2.81. The Labute approximate surface area is 76.7 Å². The van der Waals surface area contributed by atoms with Gasteiger partial charge in [-0.15, -0.1) is 0 Å². The van der Waals surface area contributed by atoms with E-state index in [2.05, 4.69) is 0 Å². The van der Waals surface area contributed by atoms with Crippen LogP contribution in [0.4, 0.5) is 14.5 Å². The summed E-state index contributed by atoms with van der Waals surface area (Å²) in [5, 5.41) is 0. The predicted molar refractivity (Wildman–Crippen MR) is 48.5 cm³/mol. The van der Waals surface area contributed by atoms with Gasteiger partial charge < -0.3 is 5.73 Å². The van der Waals surface area contributed by atoms with Gasteiger partial charge in [-0.25, -0.2) is 8.78 Å². The molecular formula is C7H6F2IN. The van der Waals surface area contributed by atoms with E-state index in [0.717, 1.165) is 0 Å². The molecule has 0 unspecified atom stereocenters. The van der Waals surface area contributed by atoms with Crippen molar-refractivity contribution in [3.8, 4) is 0 Å². The number of nitrogen functional groups attached to an aromatic ring is 1. The molecule has 1 rings (SSSR count). The first-order valence-corrected chi connectivity index (χ1v) is 4.03. The van der Waals surface area contributed by atoms with Crippen molar-refractivity contribution in [2.24, 2.45) is 0 Å². The molecule has 60 valence electrons. The van der Waals surface area contributed by atoms with Crippen LogP contribution in [0.3, 0.4) is 0 Å². The van der Waals surface area contributed by atoms with E-state index >= 15 is 0 Å². The Bertz CT molecular complexity index is 263. The van der Waals surface area contributed by atoms with Crippen molar-refractivity contribution in [3.63, 3.8) is 0 Å². The van der Waals surface area contributed by atoms with E-state index in [-0.39, 0.29) is 11.3 Å². The van der Waals surface area contributed by atoms with E-state index in [1.54, 1.807) is 12.1 Å². The van der Waals surface area contributed by atoms with Gasteiger partial charge in [-0.1, -0.05) is 12.1 Å². The zero-order chi connectivity index (χ0) is 8.43. The van der Waals surface area contributed by atoms with Crippen molar-refractivity contribution < 1.29 is 8.78 Å². The van der Waals surface area contributed by atoms with Crippen molar-refractivity contribution in [2.45, 2.75) is 6.43 Å². The summed E-state index contributed by atoms with van der Waals surface area (Å²) in [4.78, 5) is 0. The summed E-state index contributed by atoms with van der Waals surface area (Å²) in [6, 6.07) is 4.60. The SMILES string of the molecule is Nc1c(I)cccc1C(F)F. The van der Waals surface area contributed by atoms with Crippen LogP contribution in [0.15, 0.2) is 18.2 Å². The minimum absolute atomic E-state index is 0.0862. The summed E-state index contributed by atoms with van der Waals surface area (Å²) in [6.45, 7) is 0. The van der Waals surface area contributed by atoms with Crippen LogP contribution >= 0.6 is 22.6 Å². The monoisotopic (exact) mass is 269 g/mol. The molecule has 0 aliphatic heterocycles. The Morgan fingerprint density at radius 3 is 2.45 bits per heavy atom. The van der Waals surface area contributed by atoms with E-state index in [1.165, 1.54) is 6.07 Å². The first-order valence-electron chi connectivity index (χ1n) is 2.95. The largest absolute Gasteiger partial charge is 0.397 e. The van der Waals surface area contributed by atoms with Gasteiger partial charge in [0.15, 0.2) is 0 Å². The molecule has 0 atom stereocenters. The molecular weight excluding hydrogens is 263 g/mol. The topological polar surface area (TPSA) is 26.0 Å². The van der Waals surface area contributed by atoms with E-state index in [9.17, 15) is 8.78 Å². The molecule has 0 amide bonds. The molecule has 1 aromatic carbocycles. The Hall–Kier alpha value is -0.390. The average molecular weight is 269 g/mol. The molecule has 11 heavy (non-hydrogen) atoms. The number of para-hydroxylation sites is 1. The molecule has 0 aliphatic rings. The highest BCUT2D eigenvalue weighted by Crippen LogP contribution is 2.27. The molecule has 2 N–H and O–H groups in total. The van der Waals surface area contributed by atoms with E-state index in [1.807, 2.05) is 22.6 Å². The van der Waals surface area contributed by atoms with Gasteiger partial charge in [0.2, 0.25) is 0 Å². The van der Waals surface area contributed by atoms with Crippen molar-refractivity contribution in [1.29, 1.82) is 0 Å². The maximum Gasteiger partial charge on any atom is 0.265 e. The summed E-state index contributed by atoms with van der Waals surface area (Å²) in [6.07, 6.45) is -2.48. The van der Waals surface area contributed by atoms with Crippen LogP contribution in [-0.2, 0) is 0 Å². The maximum atomic E-state index is 12.1. The van der Waals surface area contributed by atoms with Crippen LogP contribution in [0.25, 0.3) is 0 Å². The fourth-order valence-corrected chi connectivity index (χ4v) is 1.26. The first-order chi connectivity index (χ1) is 5.13. The molecule has 4 heteroatoms. The fourth-order valence-electron chi connectivity index (χ4n) is 0.744. The summed E-state index contributed by atoms with van der Waals surface area (Å²) in [5.74, 6) is 0. The standard InChI is InChI=1S/C7H6F2IN/c8-7(9)4-2-1-3-5(10)6(4)11/h1-3,7H,11H2.